The number of hydrogen-bond acceptors (Lipinski definition) is 6. The lowest BCUT2D eigenvalue weighted by atomic mass is 10.2. The van der Waals surface area contributed by atoms with Crippen LogP contribution in [0.15, 0.2) is 89.8 Å². The number of amides is 1. The van der Waals surface area contributed by atoms with Crippen molar-refractivity contribution < 1.29 is 13.2 Å². The molecule has 9 heteroatoms. The lowest BCUT2D eigenvalue weighted by molar-refractivity contribution is 0.0752. The van der Waals surface area contributed by atoms with Crippen molar-refractivity contribution in [1.29, 1.82) is 0 Å². The standard InChI is InChI=1S/C26H19N5O3S/c1-2-17-30(18-19-11-5-3-6-12-19)26(32)24-27-25-23(28-29-24)21-15-9-10-16-22(21)31(25)35(33,34)20-13-7-4-8-14-20/h1,3-16H,17-18H2. The van der Waals surface area contributed by atoms with Gasteiger partial charge in [-0.1, -0.05) is 72.7 Å². The molecule has 0 radical (unpaired) electrons. The van der Waals surface area contributed by atoms with Crippen LogP contribution in [0.3, 0.4) is 0 Å². The minimum atomic E-state index is -4.04. The Morgan fingerprint density at radius 1 is 0.914 bits per heavy atom. The van der Waals surface area contributed by atoms with E-state index in [1.165, 1.54) is 17.0 Å². The quantitative estimate of drug-likeness (QED) is 0.344. The van der Waals surface area contributed by atoms with E-state index in [9.17, 15) is 13.2 Å². The summed E-state index contributed by atoms with van der Waals surface area (Å²) in [6.45, 7) is 0.275. The molecule has 0 unspecified atom stereocenters. The maximum Gasteiger partial charge on any atom is 0.294 e. The van der Waals surface area contributed by atoms with E-state index in [0.29, 0.717) is 10.9 Å². The summed E-state index contributed by atoms with van der Waals surface area (Å²) in [5.74, 6) is 1.70. The Bertz CT molecular complexity index is 1690. The third-order valence-electron chi connectivity index (χ3n) is 5.50. The number of nitrogens with zero attached hydrogens (tertiary/aromatic N) is 5. The predicted octanol–water partition coefficient (Wildman–Crippen LogP) is 3.49. The number of terminal acetylenes is 1. The van der Waals surface area contributed by atoms with Gasteiger partial charge in [0.25, 0.3) is 15.9 Å². The van der Waals surface area contributed by atoms with Gasteiger partial charge in [0, 0.05) is 11.9 Å². The van der Waals surface area contributed by atoms with Gasteiger partial charge >= 0.3 is 0 Å². The molecule has 0 aliphatic rings. The molecule has 0 N–H and O–H groups in total. The first kappa shape index (κ1) is 22.3. The van der Waals surface area contributed by atoms with E-state index in [-0.39, 0.29) is 35.0 Å². The number of carbonyl (C=O) groups is 1. The average molecular weight is 482 g/mol. The number of benzene rings is 3. The largest absolute Gasteiger partial charge is 0.320 e. The topological polar surface area (TPSA) is 98.0 Å². The SMILES string of the molecule is C#CCN(Cc1ccccc1)C(=O)c1nnc2c3ccccc3n(S(=O)(=O)c3ccccc3)c2n1. The number of carbonyl (C=O) groups excluding carboxylic acids is 1. The molecule has 2 aromatic heterocycles. The molecule has 35 heavy (non-hydrogen) atoms. The molecule has 0 atom stereocenters. The molecule has 8 nitrogen and oxygen atoms in total. The highest BCUT2D eigenvalue weighted by Gasteiger charge is 2.27. The highest BCUT2D eigenvalue weighted by Crippen LogP contribution is 2.30. The monoisotopic (exact) mass is 481 g/mol. The van der Waals surface area contributed by atoms with Crippen molar-refractivity contribution in [3.05, 3.63) is 96.3 Å². The Morgan fingerprint density at radius 2 is 1.57 bits per heavy atom. The zero-order valence-electron chi connectivity index (χ0n) is 18.4. The second-order valence-electron chi connectivity index (χ2n) is 7.76. The fourth-order valence-corrected chi connectivity index (χ4v) is 5.37. The maximum atomic E-state index is 13.6. The molecule has 0 saturated heterocycles. The number of hydrogen-bond donors (Lipinski definition) is 0. The number of rotatable bonds is 6. The summed E-state index contributed by atoms with van der Waals surface area (Å²) in [6.07, 6.45) is 5.50. The predicted molar refractivity (Wildman–Crippen MR) is 132 cm³/mol. The van der Waals surface area contributed by atoms with Crippen molar-refractivity contribution in [3.8, 4) is 12.3 Å². The van der Waals surface area contributed by atoms with Crippen LogP contribution in [0.4, 0.5) is 0 Å². The second-order valence-corrected chi connectivity index (χ2v) is 9.54. The van der Waals surface area contributed by atoms with Crippen LogP contribution in [0, 0.1) is 12.3 Å². The highest BCUT2D eigenvalue weighted by molar-refractivity contribution is 7.90. The van der Waals surface area contributed by atoms with Crippen molar-refractivity contribution in [1.82, 2.24) is 24.1 Å². The zero-order chi connectivity index (χ0) is 24.4. The van der Waals surface area contributed by atoms with Gasteiger partial charge in [-0.05, 0) is 23.8 Å². The second kappa shape index (κ2) is 9.00. The van der Waals surface area contributed by atoms with Crippen LogP contribution in [0.5, 0.6) is 0 Å². The Morgan fingerprint density at radius 3 is 2.29 bits per heavy atom. The van der Waals surface area contributed by atoms with Crippen molar-refractivity contribution in [2.75, 3.05) is 6.54 Å². The van der Waals surface area contributed by atoms with E-state index in [2.05, 4.69) is 21.1 Å². The first-order valence-electron chi connectivity index (χ1n) is 10.7. The van der Waals surface area contributed by atoms with Gasteiger partial charge in [0.1, 0.15) is 5.52 Å². The van der Waals surface area contributed by atoms with Crippen LogP contribution in [-0.4, -0.2) is 44.9 Å². The van der Waals surface area contributed by atoms with Gasteiger partial charge in [0.15, 0.2) is 5.65 Å². The summed E-state index contributed by atoms with van der Waals surface area (Å²) in [7, 11) is -4.04. The smallest absolute Gasteiger partial charge is 0.294 e. The van der Waals surface area contributed by atoms with Crippen molar-refractivity contribution in [3.63, 3.8) is 0 Å². The van der Waals surface area contributed by atoms with Gasteiger partial charge in [0.05, 0.1) is 17.0 Å². The molecule has 0 spiro atoms. The lowest BCUT2D eigenvalue weighted by Crippen LogP contribution is -2.32. The minimum absolute atomic E-state index is 0.0220. The molecule has 0 saturated carbocycles. The Kier molecular flexibility index (Phi) is 5.73. The molecule has 0 aliphatic heterocycles. The molecule has 5 rings (SSSR count). The summed E-state index contributed by atoms with van der Waals surface area (Å²) >= 11 is 0. The van der Waals surface area contributed by atoms with Crippen LogP contribution < -0.4 is 0 Å². The van der Waals surface area contributed by atoms with Crippen LogP contribution in [0.1, 0.15) is 16.2 Å². The third kappa shape index (κ3) is 4.00. The van der Waals surface area contributed by atoms with Gasteiger partial charge in [-0.25, -0.2) is 17.4 Å². The zero-order valence-corrected chi connectivity index (χ0v) is 19.3. The molecular formula is C26H19N5O3S. The van der Waals surface area contributed by atoms with E-state index in [1.807, 2.05) is 30.3 Å². The third-order valence-corrected chi connectivity index (χ3v) is 7.22. The molecule has 0 bridgehead atoms. The normalized spacial score (nSPS) is 11.4. The van der Waals surface area contributed by atoms with Gasteiger partial charge in [-0.3, -0.25) is 4.79 Å². The lowest BCUT2D eigenvalue weighted by Gasteiger charge is -2.19. The summed E-state index contributed by atoms with van der Waals surface area (Å²) in [4.78, 5) is 19.2. The summed E-state index contributed by atoms with van der Waals surface area (Å²) in [6, 6.07) is 24.3. The fraction of sp³-hybridized carbons (Fsp3) is 0.0769. The van der Waals surface area contributed by atoms with Crippen LogP contribution in [-0.2, 0) is 16.6 Å². The van der Waals surface area contributed by atoms with Crippen molar-refractivity contribution in [2.24, 2.45) is 0 Å². The molecule has 2 heterocycles. The summed E-state index contributed by atoms with van der Waals surface area (Å²) < 4.78 is 28.4. The Labute approximate surface area is 201 Å². The van der Waals surface area contributed by atoms with Crippen molar-refractivity contribution in [2.45, 2.75) is 11.4 Å². The van der Waals surface area contributed by atoms with Crippen LogP contribution >= 0.6 is 0 Å². The molecular weight excluding hydrogens is 462 g/mol. The van der Waals surface area contributed by atoms with Crippen molar-refractivity contribution >= 4 is 38.0 Å². The molecule has 3 aromatic carbocycles. The highest BCUT2D eigenvalue weighted by atomic mass is 32.2. The van der Waals surface area contributed by atoms with Gasteiger partial charge in [-0.2, -0.15) is 0 Å². The molecule has 1 amide bonds. The number of para-hydroxylation sites is 1. The van der Waals surface area contributed by atoms with E-state index in [0.717, 1.165) is 9.54 Å². The molecule has 0 fully saturated rings. The van der Waals surface area contributed by atoms with E-state index < -0.39 is 15.9 Å². The summed E-state index contributed by atoms with van der Waals surface area (Å²) in [5, 5.41) is 8.81. The first-order chi connectivity index (χ1) is 17.0. The summed E-state index contributed by atoms with van der Waals surface area (Å²) in [5.41, 5.74) is 1.57. The fourth-order valence-electron chi connectivity index (χ4n) is 3.89. The average Bonchev–Trinajstić information content (AvgIpc) is 3.23. The van der Waals surface area contributed by atoms with Crippen LogP contribution in [0.2, 0.25) is 0 Å². The van der Waals surface area contributed by atoms with E-state index in [4.69, 9.17) is 6.42 Å². The van der Waals surface area contributed by atoms with Gasteiger partial charge in [0.2, 0.25) is 5.82 Å². The maximum absolute atomic E-state index is 13.6. The van der Waals surface area contributed by atoms with E-state index in [1.54, 1.807) is 42.5 Å². The molecule has 172 valence electrons. The Hall–Kier alpha value is -4.55. The van der Waals surface area contributed by atoms with Crippen LogP contribution in [0.25, 0.3) is 22.1 Å². The van der Waals surface area contributed by atoms with E-state index >= 15 is 0 Å². The number of aromatic nitrogens is 4. The number of fused-ring (bicyclic) bond motifs is 3. The minimum Gasteiger partial charge on any atom is -0.320 e. The molecule has 5 aromatic rings. The van der Waals surface area contributed by atoms with Gasteiger partial charge in [-0.15, -0.1) is 16.6 Å². The van der Waals surface area contributed by atoms with Gasteiger partial charge < -0.3 is 4.90 Å². The molecule has 0 aliphatic carbocycles. The first-order valence-corrected chi connectivity index (χ1v) is 12.2. The Balaban J connectivity index is 1.67.